The monoisotopic (exact) mass is 246 g/mol. The molecule has 1 amide bonds. The Morgan fingerprint density at radius 2 is 2.06 bits per heavy atom. The molecule has 0 bridgehead atoms. The molecule has 0 spiro atoms. The third kappa shape index (κ3) is 3.57. The van der Waals surface area contributed by atoms with E-state index in [1.807, 2.05) is 23.1 Å². The number of nitrogens with zero attached hydrogens (tertiary/aromatic N) is 2. The molecule has 0 N–H and O–H groups in total. The van der Waals surface area contributed by atoms with Gasteiger partial charge >= 0.3 is 0 Å². The van der Waals surface area contributed by atoms with Gasteiger partial charge in [-0.2, -0.15) is 0 Å². The second-order valence-electron chi connectivity index (χ2n) is 5.15. The minimum atomic E-state index is 0.396. The van der Waals surface area contributed by atoms with Crippen LogP contribution in [0, 0.1) is 0 Å². The first-order valence-electron chi connectivity index (χ1n) is 6.73. The summed E-state index contributed by atoms with van der Waals surface area (Å²) >= 11 is 0. The van der Waals surface area contributed by atoms with Gasteiger partial charge in [-0.3, -0.25) is 4.79 Å². The molecule has 18 heavy (non-hydrogen) atoms. The first kappa shape index (κ1) is 13.1. The number of hydrogen-bond donors (Lipinski definition) is 0. The van der Waals surface area contributed by atoms with E-state index in [0.717, 1.165) is 38.9 Å². The van der Waals surface area contributed by atoms with Gasteiger partial charge in [0.1, 0.15) is 0 Å². The molecule has 1 aliphatic rings. The van der Waals surface area contributed by atoms with Crippen LogP contribution in [0.15, 0.2) is 30.3 Å². The highest BCUT2D eigenvalue weighted by Crippen LogP contribution is 2.17. The SMILES string of the molecule is CN1CCCC(N(C=O)Cc2ccccc2)CC1. The lowest BCUT2D eigenvalue weighted by Gasteiger charge is -2.27. The zero-order chi connectivity index (χ0) is 12.8. The molecule has 1 fully saturated rings. The normalized spacial score (nSPS) is 21.3. The van der Waals surface area contributed by atoms with Crippen LogP contribution in [-0.4, -0.2) is 42.4 Å². The Kier molecular flexibility index (Phi) is 4.76. The molecule has 1 aromatic rings. The minimum absolute atomic E-state index is 0.396. The number of carbonyl (C=O) groups is 1. The molecule has 0 saturated carbocycles. The summed E-state index contributed by atoms with van der Waals surface area (Å²) in [5, 5.41) is 0. The number of carbonyl (C=O) groups excluding carboxylic acids is 1. The van der Waals surface area contributed by atoms with Gasteiger partial charge in [0.25, 0.3) is 0 Å². The second-order valence-corrected chi connectivity index (χ2v) is 5.15. The van der Waals surface area contributed by atoms with Gasteiger partial charge < -0.3 is 9.80 Å². The van der Waals surface area contributed by atoms with Crippen molar-refractivity contribution >= 4 is 6.41 Å². The number of hydrogen-bond acceptors (Lipinski definition) is 2. The maximum atomic E-state index is 11.3. The largest absolute Gasteiger partial charge is 0.338 e. The Morgan fingerprint density at radius 1 is 1.28 bits per heavy atom. The molecule has 2 rings (SSSR count). The summed E-state index contributed by atoms with van der Waals surface area (Å²) in [4.78, 5) is 15.6. The molecule has 1 saturated heterocycles. The van der Waals surface area contributed by atoms with Crippen molar-refractivity contribution in [2.75, 3.05) is 20.1 Å². The van der Waals surface area contributed by atoms with E-state index in [0.29, 0.717) is 6.04 Å². The van der Waals surface area contributed by atoms with Gasteiger partial charge in [0.15, 0.2) is 0 Å². The van der Waals surface area contributed by atoms with E-state index in [1.165, 1.54) is 12.0 Å². The highest BCUT2D eigenvalue weighted by Gasteiger charge is 2.20. The van der Waals surface area contributed by atoms with E-state index in [9.17, 15) is 4.79 Å². The zero-order valence-corrected chi connectivity index (χ0v) is 11.1. The third-order valence-corrected chi connectivity index (χ3v) is 3.73. The molecule has 3 nitrogen and oxygen atoms in total. The van der Waals surface area contributed by atoms with Gasteiger partial charge in [-0.05, 0) is 45.0 Å². The van der Waals surface area contributed by atoms with Gasteiger partial charge in [-0.1, -0.05) is 30.3 Å². The zero-order valence-electron chi connectivity index (χ0n) is 11.1. The number of benzene rings is 1. The fraction of sp³-hybridized carbons (Fsp3) is 0.533. The maximum absolute atomic E-state index is 11.3. The summed E-state index contributed by atoms with van der Waals surface area (Å²) in [7, 11) is 2.16. The Morgan fingerprint density at radius 3 is 2.78 bits per heavy atom. The molecule has 1 aliphatic heterocycles. The van der Waals surface area contributed by atoms with Gasteiger partial charge in [-0.15, -0.1) is 0 Å². The van der Waals surface area contributed by atoms with E-state index in [4.69, 9.17) is 0 Å². The van der Waals surface area contributed by atoms with Crippen LogP contribution in [0.1, 0.15) is 24.8 Å². The van der Waals surface area contributed by atoms with E-state index < -0.39 is 0 Å². The topological polar surface area (TPSA) is 23.6 Å². The van der Waals surface area contributed by atoms with Crippen LogP contribution in [0.5, 0.6) is 0 Å². The van der Waals surface area contributed by atoms with E-state index >= 15 is 0 Å². The molecule has 1 unspecified atom stereocenters. The molecular formula is C15H22N2O. The summed E-state index contributed by atoms with van der Waals surface area (Å²) < 4.78 is 0. The van der Waals surface area contributed by atoms with Crippen LogP contribution in [0.4, 0.5) is 0 Å². The van der Waals surface area contributed by atoms with Gasteiger partial charge in [0.05, 0.1) is 0 Å². The Bertz CT molecular complexity index is 366. The van der Waals surface area contributed by atoms with Crippen molar-refractivity contribution in [1.29, 1.82) is 0 Å². The smallest absolute Gasteiger partial charge is 0.210 e. The molecule has 0 radical (unpaired) electrons. The summed E-state index contributed by atoms with van der Waals surface area (Å²) in [6.45, 7) is 2.97. The van der Waals surface area contributed by atoms with Crippen molar-refractivity contribution in [1.82, 2.24) is 9.80 Å². The second kappa shape index (κ2) is 6.55. The quantitative estimate of drug-likeness (QED) is 0.760. The highest BCUT2D eigenvalue weighted by atomic mass is 16.1. The molecule has 1 heterocycles. The first-order valence-corrected chi connectivity index (χ1v) is 6.73. The van der Waals surface area contributed by atoms with Gasteiger partial charge in [-0.25, -0.2) is 0 Å². The lowest BCUT2D eigenvalue weighted by molar-refractivity contribution is -0.121. The minimum Gasteiger partial charge on any atom is -0.338 e. The summed E-state index contributed by atoms with van der Waals surface area (Å²) in [5.74, 6) is 0. The molecule has 0 aliphatic carbocycles. The Balaban J connectivity index is 1.97. The fourth-order valence-corrected chi connectivity index (χ4v) is 2.60. The summed E-state index contributed by atoms with van der Waals surface area (Å²) in [6, 6.07) is 10.6. The van der Waals surface area contributed by atoms with Crippen molar-refractivity contribution in [3.8, 4) is 0 Å². The molecule has 0 aromatic heterocycles. The van der Waals surface area contributed by atoms with Crippen LogP contribution in [0.3, 0.4) is 0 Å². The van der Waals surface area contributed by atoms with Crippen molar-refractivity contribution in [3.63, 3.8) is 0 Å². The Hall–Kier alpha value is -1.35. The predicted molar refractivity (Wildman–Crippen MR) is 73.2 cm³/mol. The number of rotatable bonds is 4. The van der Waals surface area contributed by atoms with Crippen molar-refractivity contribution in [2.45, 2.75) is 31.8 Å². The summed E-state index contributed by atoms with van der Waals surface area (Å²) in [5.41, 5.74) is 1.21. The van der Waals surface area contributed by atoms with E-state index in [-0.39, 0.29) is 0 Å². The van der Waals surface area contributed by atoms with Crippen molar-refractivity contribution in [2.24, 2.45) is 0 Å². The lowest BCUT2D eigenvalue weighted by atomic mass is 10.1. The van der Waals surface area contributed by atoms with Crippen LogP contribution >= 0.6 is 0 Å². The van der Waals surface area contributed by atoms with E-state index in [2.05, 4.69) is 24.1 Å². The standard InChI is InChI=1S/C15H22N2O/c1-16-10-5-8-15(9-11-16)17(13-18)12-14-6-3-2-4-7-14/h2-4,6-7,13,15H,5,8-12H2,1H3. The number of amides is 1. The summed E-state index contributed by atoms with van der Waals surface area (Å²) in [6.07, 6.45) is 4.40. The lowest BCUT2D eigenvalue weighted by Crippen LogP contribution is -2.34. The average Bonchev–Trinajstić information content (AvgIpc) is 2.62. The molecule has 1 aromatic carbocycles. The van der Waals surface area contributed by atoms with Crippen LogP contribution < -0.4 is 0 Å². The van der Waals surface area contributed by atoms with Crippen LogP contribution in [0.2, 0.25) is 0 Å². The molecule has 3 heteroatoms. The number of likely N-dealkylation sites (tertiary alicyclic amines) is 1. The molecule has 98 valence electrons. The average molecular weight is 246 g/mol. The first-order chi connectivity index (χ1) is 8.79. The molecular weight excluding hydrogens is 224 g/mol. The van der Waals surface area contributed by atoms with Crippen LogP contribution in [-0.2, 0) is 11.3 Å². The van der Waals surface area contributed by atoms with E-state index in [1.54, 1.807) is 0 Å². The highest BCUT2D eigenvalue weighted by molar-refractivity contribution is 5.48. The van der Waals surface area contributed by atoms with Crippen molar-refractivity contribution < 1.29 is 4.79 Å². The van der Waals surface area contributed by atoms with Crippen molar-refractivity contribution in [3.05, 3.63) is 35.9 Å². The third-order valence-electron chi connectivity index (χ3n) is 3.73. The Labute approximate surface area is 109 Å². The maximum Gasteiger partial charge on any atom is 0.210 e. The van der Waals surface area contributed by atoms with Crippen LogP contribution in [0.25, 0.3) is 0 Å². The van der Waals surface area contributed by atoms with Gasteiger partial charge in [0, 0.05) is 12.6 Å². The fourth-order valence-electron chi connectivity index (χ4n) is 2.60. The molecule has 1 atom stereocenters. The predicted octanol–water partition coefficient (Wildman–Crippen LogP) is 2.13. The van der Waals surface area contributed by atoms with Gasteiger partial charge in [0.2, 0.25) is 6.41 Å².